The Morgan fingerprint density at radius 1 is 1.29 bits per heavy atom. The molecule has 0 saturated carbocycles. The van der Waals surface area contributed by atoms with Crippen LogP contribution in [0.3, 0.4) is 0 Å². The van der Waals surface area contributed by atoms with Crippen molar-refractivity contribution in [2.24, 2.45) is 5.92 Å². The van der Waals surface area contributed by atoms with Crippen LogP contribution in [0.1, 0.15) is 25.0 Å². The van der Waals surface area contributed by atoms with Gasteiger partial charge in [0.15, 0.2) is 0 Å². The number of hydrogen-bond acceptors (Lipinski definition) is 1. The van der Waals surface area contributed by atoms with Crippen molar-refractivity contribution in [1.29, 1.82) is 0 Å². The predicted molar refractivity (Wildman–Crippen MR) is 61.1 cm³/mol. The van der Waals surface area contributed by atoms with Crippen LogP contribution in [0.25, 0.3) is 6.08 Å². The molecule has 0 heterocycles. The van der Waals surface area contributed by atoms with E-state index in [0.29, 0.717) is 0 Å². The molecule has 0 spiro atoms. The summed E-state index contributed by atoms with van der Waals surface area (Å²) in [5, 5.41) is 9.57. The maximum Gasteiger partial charge on any atom is 0.0747 e. The molecule has 0 aromatic heterocycles. The molecule has 1 rings (SSSR count). The molecule has 0 saturated heterocycles. The number of aliphatic hydroxyl groups is 1. The van der Waals surface area contributed by atoms with Crippen LogP contribution in [0.4, 0.5) is 0 Å². The monoisotopic (exact) mass is 190 g/mol. The highest BCUT2D eigenvalue weighted by Crippen LogP contribution is 2.09. The van der Waals surface area contributed by atoms with E-state index < -0.39 is 0 Å². The summed E-state index contributed by atoms with van der Waals surface area (Å²) in [6.07, 6.45) is 3.47. The first-order valence-corrected chi connectivity index (χ1v) is 5.02. The van der Waals surface area contributed by atoms with Crippen molar-refractivity contribution in [3.63, 3.8) is 0 Å². The van der Waals surface area contributed by atoms with Gasteiger partial charge >= 0.3 is 0 Å². The molecule has 0 fully saturated rings. The van der Waals surface area contributed by atoms with Crippen LogP contribution in [-0.2, 0) is 0 Å². The first-order chi connectivity index (χ1) is 6.59. The maximum absolute atomic E-state index is 9.57. The Kier molecular flexibility index (Phi) is 3.90. The third kappa shape index (κ3) is 3.35. The molecule has 1 atom stereocenters. The lowest BCUT2D eigenvalue weighted by Gasteiger charge is -2.08. The topological polar surface area (TPSA) is 20.2 Å². The largest absolute Gasteiger partial charge is 0.389 e. The summed E-state index contributed by atoms with van der Waals surface area (Å²) < 4.78 is 0. The Morgan fingerprint density at radius 3 is 2.57 bits per heavy atom. The van der Waals surface area contributed by atoms with Gasteiger partial charge < -0.3 is 5.11 Å². The highest BCUT2D eigenvalue weighted by molar-refractivity contribution is 5.50. The fraction of sp³-hybridized carbons (Fsp3) is 0.385. The van der Waals surface area contributed by atoms with E-state index >= 15 is 0 Å². The smallest absolute Gasteiger partial charge is 0.0747 e. The second kappa shape index (κ2) is 4.97. The molecule has 0 unspecified atom stereocenters. The molecular weight excluding hydrogens is 172 g/mol. The zero-order valence-electron chi connectivity index (χ0n) is 9.07. The number of hydrogen-bond donors (Lipinski definition) is 1. The number of aryl methyl sites for hydroxylation is 1. The predicted octanol–water partition coefficient (Wildman–Crippen LogP) is 3.03. The van der Waals surface area contributed by atoms with Crippen LogP contribution < -0.4 is 0 Å². The molecule has 0 bridgehead atoms. The van der Waals surface area contributed by atoms with E-state index in [0.717, 1.165) is 5.56 Å². The van der Waals surface area contributed by atoms with E-state index in [4.69, 9.17) is 0 Å². The normalized spacial score (nSPS) is 13.8. The van der Waals surface area contributed by atoms with Crippen LogP contribution >= 0.6 is 0 Å². The summed E-state index contributed by atoms with van der Waals surface area (Å²) in [4.78, 5) is 0. The van der Waals surface area contributed by atoms with Gasteiger partial charge in [-0.2, -0.15) is 0 Å². The van der Waals surface area contributed by atoms with Gasteiger partial charge in [0.2, 0.25) is 0 Å². The fourth-order valence-electron chi connectivity index (χ4n) is 1.21. The van der Waals surface area contributed by atoms with Crippen LogP contribution in [0, 0.1) is 12.8 Å². The Bertz CT molecular complexity index is 313. The molecule has 0 aliphatic heterocycles. The van der Waals surface area contributed by atoms with Crippen LogP contribution in [-0.4, -0.2) is 11.2 Å². The summed E-state index contributed by atoms with van der Waals surface area (Å²) in [6.45, 7) is 6.08. The van der Waals surface area contributed by atoms with Crippen molar-refractivity contribution in [2.75, 3.05) is 0 Å². The summed E-state index contributed by atoms with van der Waals surface area (Å²) in [5.41, 5.74) is 2.39. The van der Waals surface area contributed by atoms with Crippen molar-refractivity contribution >= 4 is 6.08 Å². The van der Waals surface area contributed by atoms with Crippen LogP contribution in [0.5, 0.6) is 0 Å². The van der Waals surface area contributed by atoms with Crippen LogP contribution in [0.2, 0.25) is 0 Å². The summed E-state index contributed by atoms with van der Waals surface area (Å²) in [7, 11) is 0. The highest BCUT2D eigenvalue weighted by Gasteiger charge is 2.03. The van der Waals surface area contributed by atoms with Crippen molar-refractivity contribution in [2.45, 2.75) is 26.9 Å². The number of aliphatic hydroxyl groups excluding tert-OH is 1. The average Bonchev–Trinajstić information content (AvgIpc) is 2.14. The van der Waals surface area contributed by atoms with Gasteiger partial charge in [-0.25, -0.2) is 0 Å². The Balaban J connectivity index is 2.69. The van der Waals surface area contributed by atoms with Gasteiger partial charge in [0.1, 0.15) is 0 Å². The van der Waals surface area contributed by atoms with Crippen molar-refractivity contribution in [3.05, 3.63) is 41.5 Å². The van der Waals surface area contributed by atoms with E-state index in [1.807, 2.05) is 38.1 Å². The first-order valence-electron chi connectivity index (χ1n) is 5.02. The Morgan fingerprint density at radius 2 is 2.00 bits per heavy atom. The second-order valence-corrected chi connectivity index (χ2v) is 4.01. The minimum atomic E-state index is -0.351. The molecule has 0 aliphatic rings. The molecular formula is C13H18O. The third-order valence-electron chi connectivity index (χ3n) is 2.21. The van der Waals surface area contributed by atoms with Gasteiger partial charge in [0, 0.05) is 0 Å². The quantitative estimate of drug-likeness (QED) is 0.776. The summed E-state index contributed by atoms with van der Waals surface area (Å²) >= 11 is 0. The van der Waals surface area contributed by atoms with E-state index in [9.17, 15) is 5.11 Å². The van der Waals surface area contributed by atoms with Crippen molar-refractivity contribution in [1.82, 2.24) is 0 Å². The zero-order chi connectivity index (χ0) is 10.6. The molecule has 0 aliphatic carbocycles. The van der Waals surface area contributed by atoms with Gasteiger partial charge in [0.25, 0.3) is 0 Å². The zero-order valence-corrected chi connectivity index (χ0v) is 9.07. The molecule has 0 amide bonds. The van der Waals surface area contributed by atoms with E-state index in [1.54, 1.807) is 0 Å². The van der Waals surface area contributed by atoms with Gasteiger partial charge in [-0.05, 0) is 18.4 Å². The third-order valence-corrected chi connectivity index (χ3v) is 2.21. The van der Waals surface area contributed by atoms with Gasteiger partial charge in [0.05, 0.1) is 6.10 Å². The van der Waals surface area contributed by atoms with E-state index in [2.05, 4.69) is 19.1 Å². The van der Waals surface area contributed by atoms with Crippen molar-refractivity contribution in [3.8, 4) is 0 Å². The summed E-state index contributed by atoms with van der Waals surface area (Å²) in [5.74, 6) is 0.274. The molecule has 1 aromatic carbocycles. The van der Waals surface area contributed by atoms with Crippen molar-refractivity contribution < 1.29 is 5.11 Å². The molecule has 1 aromatic rings. The van der Waals surface area contributed by atoms with Gasteiger partial charge in [-0.1, -0.05) is 55.8 Å². The summed E-state index contributed by atoms with van der Waals surface area (Å²) in [6, 6.07) is 8.23. The Hall–Kier alpha value is -1.08. The molecule has 14 heavy (non-hydrogen) atoms. The SMILES string of the molecule is Cc1cccc(/C=C/[C@@H](O)C(C)C)c1. The molecule has 1 N–H and O–H groups in total. The van der Waals surface area contributed by atoms with E-state index in [-0.39, 0.29) is 12.0 Å². The number of benzene rings is 1. The Labute approximate surface area is 86.1 Å². The average molecular weight is 190 g/mol. The molecule has 76 valence electrons. The molecule has 1 heteroatoms. The van der Waals surface area contributed by atoms with Gasteiger partial charge in [-0.3, -0.25) is 0 Å². The molecule has 1 nitrogen and oxygen atoms in total. The lowest BCUT2D eigenvalue weighted by molar-refractivity contribution is 0.173. The fourth-order valence-corrected chi connectivity index (χ4v) is 1.21. The minimum Gasteiger partial charge on any atom is -0.389 e. The van der Waals surface area contributed by atoms with Crippen LogP contribution in [0.15, 0.2) is 30.3 Å². The van der Waals surface area contributed by atoms with Gasteiger partial charge in [-0.15, -0.1) is 0 Å². The minimum absolute atomic E-state index is 0.274. The number of rotatable bonds is 3. The molecule has 0 radical (unpaired) electrons. The van der Waals surface area contributed by atoms with E-state index in [1.165, 1.54) is 5.56 Å². The lowest BCUT2D eigenvalue weighted by atomic mass is 10.1. The maximum atomic E-state index is 9.57. The lowest BCUT2D eigenvalue weighted by Crippen LogP contribution is -2.10. The highest BCUT2D eigenvalue weighted by atomic mass is 16.3. The first kappa shape index (κ1) is 11.0. The second-order valence-electron chi connectivity index (χ2n) is 4.01. The standard InChI is InChI=1S/C13H18O/c1-10(2)13(14)8-7-12-6-4-5-11(3)9-12/h4-10,13-14H,1-3H3/b8-7+/t13-/m1/s1.